The topological polar surface area (TPSA) is 49.8 Å². The summed E-state index contributed by atoms with van der Waals surface area (Å²) in [5.41, 5.74) is 0. The van der Waals surface area contributed by atoms with Gasteiger partial charge in [-0.2, -0.15) is 0 Å². The number of carboxylic acids is 1. The van der Waals surface area contributed by atoms with Crippen molar-refractivity contribution >= 4 is 41.6 Å². The van der Waals surface area contributed by atoms with E-state index in [-0.39, 0.29) is 12.4 Å². The van der Waals surface area contributed by atoms with E-state index in [1.165, 1.54) is 0 Å². The highest BCUT2D eigenvalue weighted by atomic mass is 35.5. The summed E-state index contributed by atoms with van der Waals surface area (Å²) in [7, 11) is 1.73. The van der Waals surface area contributed by atoms with Gasteiger partial charge in [-0.15, -0.1) is 12.4 Å². The minimum atomic E-state index is -0.858. The van der Waals surface area contributed by atoms with Gasteiger partial charge in [0.15, 0.2) is 0 Å². The first kappa shape index (κ1) is 18.3. The first-order chi connectivity index (χ1) is 8.40. The Morgan fingerprint density at radius 3 is 2.37 bits per heavy atom. The summed E-state index contributed by atoms with van der Waals surface area (Å²) in [4.78, 5) is 12.4. The standard InChI is InChI=1S/C12H15Cl2NO3.ClH/c1-8(12(16)17)15(2)3-4-18-11-6-9(13)5-10(14)7-11;/h5-8H,3-4H2,1-2H3,(H,16,17);1H. The minimum absolute atomic E-state index is 0. The molecule has 0 heterocycles. The van der Waals surface area contributed by atoms with Crippen LogP contribution in [0.15, 0.2) is 18.2 Å². The Morgan fingerprint density at radius 2 is 1.89 bits per heavy atom. The maximum absolute atomic E-state index is 10.7. The quantitative estimate of drug-likeness (QED) is 0.871. The van der Waals surface area contributed by atoms with Crippen molar-refractivity contribution in [2.24, 2.45) is 0 Å². The zero-order chi connectivity index (χ0) is 13.7. The summed E-state index contributed by atoms with van der Waals surface area (Å²) < 4.78 is 5.46. The molecule has 1 aromatic rings. The van der Waals surface area contributed by atoms with E-state index in [0.717, 1.165) is 0 Å². The highest BCUT2D eigenvalue weighted by Crippen LogP contribution is 2.24. The number of aliphatic carboxylic acids is 1. The van der Waals surface area contributed by atoms with Crippen molar-refractivity contribution in [2.45, 2.75) is 13.0 Å². The number of halogens is 3. The van der Waals surface area contributed by atoms with Crippen LogP contribution in [-0.4, -0.2) is 42.2 Å². The summed E-state index contributed by atoms with van der Waals surface area (Å²) in [6, 6.07) is 4.40. The summed E-state index contributed by atoms with van der Waals surface area (Å²) in [6.07, 6.45) is 0. The van der Waals surface area contributed by atoms with Gasteiger partial charge in [0.2, 0.25) is 0 Å². The number of likely N-dealkylation sites (N-methyl/N-ethyl adjacent to an activating group) is 1. The maximum atomic E-state index is 10.7. The fourth-order valence-corrected chi connectivity index (χ4v) is 1.81. The number of benzene rings is 1. The SMILES string of the molecule is CC(C(=O)O)N(C)CCOc1cc(Cl)cc(Cl)c1.Cl. The number of carboxylic acid groups (broad SMARTS) is 1. The Hall–Kier alpha value is -0.680. The van der Waals surface area contributed by atoms with E-state index in [4.69, 9.17) is 33.0 Å². The molecule has 19 heavy (non-hydrogen) atoms. The fraction of sp³-hybridized carbons (Fsp3) is 0.417. The summed E-state index contributed by atoms with van der Waals surface area (Å²) in [6.45, 7) is 2.49. The Kier molecular flexibility index (Phi) is 8.18. The molecule has 0 spiro atoms. The van der Waals surface area contributed by atoms with Crippen LogP contribution in [0, 0.1) is 0 Å². The van der Waals surface area contributed by atoms with Gasteiger partial charge in [0.05, 0.1) is 0 Å². The van der Waals surface area contributed by atoms with Gasteiger partial charge in [-0.1, -0.05) is 23.2 Å². The second-order valence-electron chi connectivity index (χ2n) is 3.95. The van der Waals surface area contributed by atoms with E-state index in [1.54, 1.807) is 37.1 Å². The summed E-state index contributed by atoms with van der Waals surface area (Å²) >= 11 is 11.7. The largest absolute Gasteiger partial charge is 0.492 e. The van der Waals surface area contributed by atoms with Crippen LogP contribution in [0.3, 0.4) is 0 Å². The van der Waals surface area contributed by atoms with Crippen LogP contribution >= 0.6 is 35.6 Å². The van der Waals surface area contributed by atoms with Crippen LogP contribution in [0.2, 0.25) is 10.0 Å². The molecule has 0 aliphatic rings. The molecule has 7 heteroatoms. The zero-order valence-electron chi connectivity index (χ0n) is 10.6. The zero-order valence-corrected chi connectivity index (χ0v) is 12.9. The molecule has 108 valence electrons. The van der Waals surface area contributed by atoms with Gasteiger partial charge in [-0.3, -0.25) is 9.69 Å². The van der Waals surface area contributed by atoms with Gasteiger partial charge < -0.3 is 9.84 Å². The lowest BCUT2D eigenvalue weighted by molar-refractivity contribution is -0.142. The molecule has 1 aromatic carbocycles. The molecule has 1 N–H and O–H groups in total. The van der Waals surface area contributed by atoms with Gasteiger partial charge in [0, 0.05) is 16.6 Å². The van der Waals surface area contributed by atoms with Crippen molar-refractivity contribution in [2.75, 3.05) is 20.2 Å². The Bertz CT molecular complexity index is 408. The highest BCUT2D eigenvalue weighted by Gasteiger charge is 2.16. The summed E-state index contributed by atoms with van der Waals surface area (Å²) in [5, 5.41) is 9.83. The molecule has 0 bridgehead atoms. The normalized spacial score (nSPS) is 11.8. The number of rotatable bonds is 6. The Labute approximate surface area is 128 Å². The van der Waals surface area contributed by atoms with E-state index in [2.05, 4.69) is 0 Å². The average molecular weight is 329 g/mol. The van der Waals surface area contributed by atoms with Gasteiger partial charge in [-0.25, -0.2) is 0 Å². The molecular weight excluding hydrogens is 312 g/mol. The molecule has 0 aromatic heterocycles. The third-order valence-electron chi connectivity index (χ3n) is 2.57. The second-order valence-corrected chi connectivity index (χ2v) is 4.82. The number of hydrogen-bond acceptors (Lipinski definition) is 3. The van der Waals surface area contributed by atoms with E-state index in [9.17, 15) is 4.79 Å². The molecule has 1 rings (SSSR count). The highest BCUT2D eigenvalue weighted by molar-refractivity contribution is 6.34. The van der Waals surface area contributed by atoms with E-state index < -0.39 is 12.0 Å². The number of carbonyl (C=O) groups is 1. The smallest absolute Gasteiger partial charge is 0.320 e. The molecule has 0 aliphatic heterocycles. The first-order valence-corrected chi connectivity index (χ1v) is 6.17. The van der Waals surface area contributed by atoms with Crippen LogP contribution in [0.5, 0.6) is 5.75 Å². The predicted molar refractivity (Wildman–Crippen MR) is 78.9 cm³/mol. The van der Waals surface area contributed by atoms with Crippen LogP contribution in [0.25, 0.3) is 0 Å². The lowest BCUT2D eigenvalue weighted by atomic mass is 10.3. The second kappa shape index (κ2) is 8.48. The Balaban J connectivity index is 0.00000324. The minimum Gasteiger partial charge on any atom is -0.492 e. The molecule has 0 amide bonds. The van der Waals surface area contributed by atoms with Crippen LogP contribution in [0.4, 0.5) is 0 Å². The first-order valence-electron chi connectivity index (χ1n) is 5.42. The molecular formula is C12H16Cl3NO3. The van der Waals surface area contributed by atoms with Crippen LogP contribution < -0.4 is 4.74 Å². The van der Waals surface area contributed by atoms with Crippen LogP contribution in [0.1, 0.15) is 6.92 Å². The number of ether oxygens (including phenoxy) is 1. The lowest BCUT2D eigenvalue weighted by Gasteiger charge is -2.21. The van der Waals surface area contributed by atoms with Crippen molar-refractivity contribution in [1.82, 2.24) is 4.90 Å². The van der Waals surface area contributed by atoms with Crippen LogP contribution in [-0.2, 0) is 4.79 Å². The van der Waals surface area contributed by atoms with Gasteiger partial charge >= 0.3 is 5.97 Å². The van der Waals surface area contributed by atoms with Crippen molar-refractivity contribution in [1.29, 1.82) is 0 Å². The van der Waals surface area contributed by atoms with Gasteiger partial charge in [0.1, 0.15) is 18.4 Å². The van der Waals surface area contributed by atoms with Crippen molar-refractivity contribution in [3.63, 3.8) is 0 Å². The van der Waals surface area contributed by atoms with Crippen molar-refractivity contribution in [3.05, 3.63) is 28.2 Å². The maximum Gasteiger partial charge on any atom is 0.320 e. The molecule has 0 saturated heterocycles. The molecule has 0 radical (unpaired) electrons. The van der Waals surface area contributed by atoms with Gasteiger partial charge in [0.25, 0.3) is 0 Å². The number of nitrogens with zero attached hydrogens (tertiary/aromatic N) is 1. The third-order valence-corrected chi connectivity index (χ3v) is 3.00. The average Bonchev–Trinajstić information content (AvgIpc) is 2.26. The Morgan fingerprint density at radius 1 is 1.37 bits per heavy atom. The van der Waals surface area contributed by atoms with Crippen molar-refractivity contribution in [3.8, 4) is 5.75 Å². The van der Waals surface area contributed by atoms with E-state index >= 15 is 0 Å². The molecule has 0 aliphatic carbocycles. The van der Waals surface area contributed by atoms with Crippen molar-refractivity contribution < 1.29 is 14.6 Å². The van der Waals surface area contributed by atoms with Gasteiger partial charge in [-0.05, 0) is 32.2 Å². The fourth-order valence-electron chi connectivity index (χ4n) is 1.30. The molecule has 0 fully saturated rings. The lowest BCUT2D eigenvalue weighted by Crippen LogP contribution is -2.38. The number of hydrogen-bond donors (Lipinski definition) is 1. The molecule has 4 nitrogen and oxygen atoms in total. The molecule has 1 atom stereocenters. The summed E-state index contributed by atoms with van der Waals surface area (Å²) in [5.74, 6) is -0.285. The molecule has 0 saturated carbocycles. The van der Waals surface area contributed by atoms with E-state index in [1.807, 2.05) is 0 Å². The third kappa shape index (κ3) is 6.34. The van der Waals surface area contributed by atoms with E-state index in [0.29, 0.717) is 28.9 Å². The predicted octanol–water partition coefficient (Wildman–Crippen LogP) is 3.20. The molecule has 1 unspecified atom stereocenters. The monoisotopic (exact) mass is 327 g/mol.